The van der Waals surface area contributed by atoms with Crippen molar-refractivity contribution in [3.8, 4) is 5.75 Å². The number of hydrogen-bond donors (Lipinski definition) is 1. The zero-order valence-electron chi connectivity index (χ0n) is 15.4. The first-order valence-corrected chi connectivity index (χ1v) is 10.7. The van der Waals surface area contributed by atoms with Crippen LogP contribution in [0, 0.1) is 0 Å². The van der Waals surface area contributed by atoms with Gasteiger partial charge in [-0.3, -0.25) is 9.59 Å². The smallest absolute Gasteiger partial charge is 0.264 e. The zero-order valence-corrected chi connectivity index (χ0v) is 17.8. The van der Waals surface area contributed by atoms with Crippen molar-refractivity contribution >= 4 is 44.6 Å². The Morgan fingerprint density at radius 1 is 1.07 bits per heavy atom. The number of Topliss-reactive ketones (excluding diaryl/α,β-unsaturated/α-hetero) is 1. The molecule has 0 fully saturated rings. The average Bonchev–Trinajstić information content (AvgIpc) is 3.25. The fourth-order valence-corrected chi connectivity index (χ4v) is 4.78. The normalized spacial score (nSPS) is 18.0. The highest BCUT2D eigenvalue weighted by molar-refractivity contribution is 9.11. The number of nitrogens with zero attached hydrogens (tertiary/aromatic N) is 1. The Morgan fingerprint density at radius 3 is 2.52 bits per heavy atom. The van der Waals surface area contributed by atoms with Gasteiger partial charge in [0.1, 0.15) is 12.4 Å². The minimum absolute atomic E-state index is 0.270. The number of benzene rings is 2. The molecular weight excluding hydrogens is 454 g/mol. The molecule has 148 valence electrons. The number of fused-ring (bicyclic) bond motifs is 1. The number of para-hydroxylation sites is 2. The molecule has 1 aliphatic rings. The topological polar surface area (TPSA) is 66.8 Å². The molecule has 1 aliphatic heterocycles. The first-order chi connectivity index (χ1) is 14.0. The number of thiophene rings is 1. The Balaban J connectivity index is 1.54. The molecule has 0 saturated heterocycles. The second-order valence-corrected chi connectivity index (χ2v) is 9.16. The quantitative estimate of drug-likeness (QED) is 0.518. The summed E-state index contributed by atoms with van der Waals surface area (Å²) in [5.41, 5.74) is -0.817. The molecule has 5 nitrogen and oxygen atoms in total. The highest BCUT2D eigenvalue weighted by Crippen LogP contribution is 2.43. The molecule has 1 amide bonds. The average molecular weight is 472 g/mol. The lowest BCUT2D eigenvalue weighted by atomic mass is 9.89. The highest BCUT2D eigenvalue weighted by Gasteiger charge is 2.50. The predicted molar refractivity (Wildman–Crippen MR) is 116 cm³/mol. The van der Waals surface area contributed by atoms with Crippen molar-refractivity contribution in [1.29, 1.82) is 0 Å². The van der Waals surface area contributed by atoms with Crippen LogP contribution in [0.5, 0.6) is 5.75 Å². The molecule has 0 bridgehead atoms. The number of ether oxygens (including phenoxy) is 1. The SMILES string of the molecule is O=C(CC1(O)C(=O)N(CCOc2ccccc2)c2ccccc21)c1ccc(Br)s1. The lowest BCUT2D eigenvalue weighted by Gasteiger charge is -2.22. The van der Waals surface area contributed by atoms with E-state index in [4.69, 9.17) is 4.74 Å². The summed E-state index contributed by atoms with van der Waals surface area (Å²) in [6.07, 6.45) is -0.300. The molecule has 0 radical (unpaired) electrons. The Hall–Kier alpha value is -2.48. The van der Waals surface area contributed by atoms with Crippen LogP contribution in [0.2, 0.25) is 0 Å². The van der Waals surface area contributed by atoms with E-state index in [1.807, 2.05) is 30.3 Å². The van der Waals surface area contributed by atoms with Gasteiger partial charge in [0.05, 0.1) is 27.3 Å². The van der Waals surface area contributed by atoms with Gasteiger partial charge in [-0.2, -0.15) is 0 Å². The minimum Gasteiger partial charge on any atom is -0.492 e. The Morgan fingerprint density at radius 2 is 1.79 bits per heavy atom. The molecule has 1 N–H and O–H groups in total. The van der Waals surface area contributed by atoms with Gasteiger partial charge in [-0.05, 0) is 46.3 Å². The Labute approximate surface area is 180 Å². The second-order valence-electron chi connectivity index (χ2n) is 6.70. The number of rotatable bonds is 7. The summed E-state index contributed by atoms with van der Waals surface area (Å²) < 4.78 is 6.53. The van der Waals surface area contributed by atoms with Crippen molar-refractivity contribution < 1.29 is 19.4 Å². The summed E-state index contributed by atoms with van der Waals surface area (Å²) in [5.74, 6) is -0.0609. The molecule has 4 rings (SSSR count). The second kappa shape index (κ2) is 8.10. The molecule has 0 saturated carbocycles. The van der Waals surface area contributed by atoms with E-state index in [1.165, 1.54) is 16.2 Å². The number of aliphatic hydroxyl groups is 1. The Bertz CT molecular complexity index is 1050. The van der Waals surface area contributed by atoms with Gasteiger partial charge < -0.3 is 14.7 Å². The maximum atomic E-state index is 13.2. The number of halogens is 1. The van der Waals surface area contributed by atoms with Gasteiger partial charge in [-0.1, -0.05) is 36.4 Å². The fourth-order valence-electron chi connectivity index (χ4n) is 3.45. The van der Waals surface area contributed by atoms with E-state index < -0.39 is 11.5 Å². The summed E-state index contributed by atoms with van der Waals surface area (Å²) in [4.78, 5) is 27.9. The molecule has 7 heteroatoms. The fraction of sp³-hybridized carbons (Fsp3) is 0.182. The van der Waals surface area contributed by atoms with E-state index in [-0.39, 0.29) is 25.4 Å². The van der Waals surface area contributed by atoms with Gasteiger partial charge in [0, 0.05) is 5.56 Å². The molecule has 1 aromatic heterocycles. The van der Waals surface area contributed by atoms with Crippen molar-refractivity contribution in [1.82, 2.24) is 0 Å². The number of carbonyl (C=O) groups is 2. The maximum Gasteiger partial charge on any atom is 0.264 e. The number of amides is 1. The molecule has 1 unspecified atom stereocenters. The van der Waals surface area contributed by atoms with E-state index in [0.29, 0.717) is 21.9 Å². The van der Waals surface area contributed by atoms with E-state index in [2.05, 4.69) is 15.9 Å². The van der Waals surface area contributed by atoms with Crippen LogP contribution in [0.1, 0.15) is 21.7 Å². The molecule has 3 aromatic rings. The monoisotopic (exact) mass is 471 g/mol. The van der Waals surface area contributed by atoms with Crippen LogP contribution in [0.15, 0.2) is 70.5 Å². The van der Waals surface area contributed by atoms with Crippen LogP contribution in [-0.2, 0) is 10.4 Å². The first-order valence-electron chi connectivity index (χ1n) is 9.09. The summed E-state index contributed by atoms with van der Waals surface area (Å²) >= 11 is 4.62. The third-order valence-corrected chi connectivity index (χ3v) is 6.50. The van der Waals surface area contributed by atoms with Crippen LogP contribution in [0.3, 0.4) is 0 Å². The van der Waals surface area contributed by atoms with Crippen LogP contribution < -0.4 is 9.64 Å². The van der Waals surface area contributed by atoms with Gasteiger partial charge >= 0.3 is 0 Å². The van der Waals surface area contributed by atoms with E-state index in [9.17, 15) is 14.7 Å². The zero-order chi connectivity index (χ0) is 20.4. The third kappa shape index (κ3) is 3.85. The van der Waals surface area contributed by atoms with Gasteiger partial charge in [-0.15, -0.1) is 11.3 Å². The van der Waals surface area contributed by atoms with Crippen molar-refractivity contribution in [3.63, 3.8) is 0 Å². The van der Waals surface area contributed by atoms with Gasteiger partial charge in [0.15, 0.2) is 11.4 Å². The number of anilines is 1. The summed E-state index contributed by atoms with van der Waals surface area (Å²) in [6, 6.07) is 19.8. The van der Waals surface area contributed by atoms with E-state index >= 15 is 0 Å². The molecule has 0 aliphatic carbocycles. The van der Waals surface area contributed by atoms with Crippen LogP contribution in [0.25, 0.3) is 0 Å². The van der Waals surface area contributed by atoms with Crippen molar-refractivity contribution in [2.24, 2.45) is 0 Å². The third-order valence-electron chi connectivity index (χ3n) is 4.83. The number of hydrogen-bond acceptors (Lipinski definition) is 5. The van der Waals surface area contributed by atoms with Crippen LogP contribution >= 0.6 is 27.3 Å². The predicted octanol–water partition coefficient (Wildman–Crippen LogP) is 4.40. The number of ketones is 1. The molecule has 1 atom stereocenters. The largest absolute Gasteiger partial charge is 0.492 e. The van der Waals surface area contributed by atoms with Crippen LogP contribution in [-0.4, -0.2) is 29.9 Å². The van der Waals surface area contributed by atoms with E-state index in [1.54, 1.807) is 36.4 Å². The van der Waals surface area contributed by atoms with Gasteiger partial charge in [0.2, 0.25) is 0 Å². The first kappa shape index (κ1) is 19.8. The summed E-state index contributed by atoms with van der Waals surface area (Å²) in [5, 5.41) is 11.3. The lowest BCUT2D eigenvalue weighted by molar-refractivity contribution is -0.135. The number of carbonyl (C=O) groups excluding carboxylic acids is 2. The summed E-state index contributed by atoms with van der Waals surface area (Å²) in [6.45, 7) is 0.539. The minimum atomic E-state index is -1.88. The maximum absolute atomic E-state index is 13.2. The van der Waals surface area contributed by atoms with Crippen molar-refractivity contribution in [2.75, 3.05) is 18.1 Å². The molecule has 29 heavy (non-hydrogen) atoms. The molecule has 2 heterocycles. The molecular formula is C22H18BrNO4S. The summed E-state index contributed by atoms with van der Waals surface area (Å²) in [7, 11) is 0. The molecule has 0 spiro atoms. The van der Waals surface area contributed by atoms with Crippen molar-refractivity contribution in [2.45, 2.75) is 12.0 Å². The molecule has 2 aromatic carbocycles. The highest BCUT2D eigenvalue weighted by atomic mass is 79.9. The van der Waals surface area contributed by atoms with Gasteiger partial charge in [0.25, 0.3) is 5.91 Å². The Kier molecular flexibility index (Phi) is 5.54. The van der Waals surface area contributed by atoms with Crippen LogP contribution in [0.4, 0.5) is 5.69 Å². The van der Waals surface area contributed by atoms with Gasteiger partial charge in [-0.25, -0.2) is 0 Å². The van der Waals surface area contributed by atoms with Crippen molar-refractivity contribution in [3.05, 3.63) is 81.0 Å². The lowest BCUT2D eigenvalue weighted by Crippen LogP contribution is -2.43. The standard InChI is InChI=1S/C22H18BrNO4S/c23-20-11-10-19(29-20)18(25)14-22(27)16-8-4-5-9-17(16)24(21(22)26)12-13-28-15-6-2-1-3-7-15/h1-11,27H,12-14H2. The van der Waals surface area contributed by atoms with E-state index in [0.717, 1.165) is 3.79 Å².